The average molecular weight is 381 g/mol. The van der Waals surface area contributed by atoms with Gasteiger partial charge in [-0.25, -0.2) is 0 Å². The molecule has 2 N–H and O–H groups in total. The van der Waals surface area contributed by atoms with Crippen LogP contribution in [0.4, 0.5) is 0 Å². The Morgan fingerprint density at radius 1 is 1.12 bits per heavy atom. The Morgan fingerprint density at radius 3 is 2.35 bits per heavy atom. The highest BCUT2D eigenvalue weighted by molar-refractivity contribution is 5.94. The molecule has 144 valence electrons. The van der Waals surface area contributed by atoms with Gasteiger partial charge in [0.15, 0.2) is 11.5 Å². The summed E-state index contributed by atoms with van der Waals surface area (Å²) < 4.78 is 10.9. The molecule has 2 aliphatic rings. The normalized spacial score (nSPS) is 20.2. The van der Waals surface area contributed by atoms with E-state index in [4.69, 9.17) is 9.47 Å². The molecule has 0 bridgehead atoms. The molecule has 3 rings (SSSR count). The molecule has 1 saturated heterocycles. The van der Waals surface area contributed by atoms with Crippen molar-refractivity contribution in [2.45, 2.75) is 45.1 Å². The molecule has 0 saturated carbocycles. The second-order valence-electron chi connectivity index (χ2n) is 7.66. The van der Waals surface area contributed by atoms with Gasteiger partial charge in [0, 0.05) is 25.1 Å². The summed E-state index contributed by atoms with van der Waals surface area (Å²) in [6.45, 7) is 6.13. The number of likely N-dealkylation sites (tertiary alicyclic amines) is 1. The van der Waals surface area contributed by atoms with Crippen molar-refractivity contribution in [3.05, 3.63) is 29.3 Å². The van der Waals surface area contributed by atoms with E-state index in [0.717, 1.165) is 49.4 Å². The van der Waals surface area contributed by atoms with E-state index >= 15 is 0 Å². The zero-order valence-electron chi connectivity index (χ0n) is 16.1. The third kappa shape index (κ3) is 4.33. The van der Waals surface area contributed by atoms with Crippen molar-refractivity contribution < 1.29 is 32.0 Å². The van der Waals surface area contributed by atoms with Crippen LogP contribution in [0, 0.1) is 0 Å². The molecule has 6 heteroatoms. The molecule has 0 aliphatic carbocycles. The van der Waals surface area contributed by atoms with Gasteiger partial charge in [-0.3, -0.25) is 4.79 Å². The lowest BCUT2D eigenvalue weighted by Crippen LogP contribution is -3.00. The number of nitrogens with zero attached hydrogens (tertiary/aromatic N) is 1. The fourth-order valence-electron chi connectivity index (χ4n) is 3.83. The number of carbonyl (C=O) groups excluding carboxylic acids is 1. The molecule has 0 radical (unpaired) electrons. The standard InChI is InChI=1S/C20H28N2O3.ClH/c1-20(2)13-14-10-17(24-3)18(25-4)11-15(14)16(21-20)12-19(23)22-8-6-5-7-9-22;/h10-12,21H,5-9,13H2,1-4H3;1H/b16-12-;. The number of hydrogen-bond donors (Lipinski definition) is 1. The fraction of sp³-hybridized carbons (Fsp3) is 0.550. The van der Waals surface area contributed by atoms with E-state index in [9.17, 15) is 4.79 Å². The van der Waals surface area contributed by atoms with Crippen molar-refractivity contribution in [2.75, 3.05) is 27.3 Å². The Morgan fingerprint density at radius 2 is 1.73 bits per heavy atom. The summed E-state index contributed by atoms with van der Waals surface area (Å²) in [7, 11) is 3.30. The number of quaternary nitrogens is 1. The molecule has 0 atom stereocenters. The number of fused-ring (bicyclic) bond motifs is 1. The van der Waals surface area contributed by atoms with E-state index in [1.807, 2.05) is 17.0 Å². The van der Waals surface area contributed by atoms with Gasteiger partial charge in [-0.05, 0) is 50.8 Å². The molecule has 0 unspecified atom stereocenters. The topological polar surface area (TPSA) is 55.4 Å². The van der Waals surface area contributed by atoms with E-state index in [-0.39, 0.29) is 23.9 Å². The minimum absolute atomic E-state index is 0. The molecular weight excluding hydrogens is 352 g/mol. The van der Waals surface area contributed by atoms with Crippen LogP contribution in [0.1, 0.15) is 44.2 Å². The zero-order chi connectivity index (χ0) is 18.0. The van der Waals surface area contributed by atoms with Gasteiger partial charge < -0.3 is 32.1 Å². The number of halogens is 1. The summed E-state index contributed by atoms with van der Waals surface area (Å²) in [5.41, 5.74) is 3.26. The maximum atomic E-state index is 12.7. The maximum absolute atomic E-state index is 12.7. The average Bonchev–Trinajstić information content (AvgIpc) is 2.60. The number of hydrogen-bond acceptors (Lipinski definition) is 3. The Balaban J connectivity index is 0.00000243. The quantitative estimate of drug-likeness (QED) is 0.681. The molecule has 1 amide bonds. The summed E-state index contributed by atoms with van der Waals surface area (Å²) in [5, 5.41) is 2.21. The van der Waals surface area contributed by atoms with Crippen LogP contribution in [0.2, 0.25) is 0 Å². The van der Waals surface area contributed by atoms with E-state index < -0.39 is 0 Å². The fourth-order valence-corrected chi connectivity index (χ4v) is 3.83. The van der Waals surface area contributed by atoms with Gasteiger partial charge >= 0.3 is 0 Å². The SMILES string of the molecule is COc1cc2c(cc1OC)/C(=C/C(=O)N1CCCCC1)[NH2+]C(C)(C)C2.[Cl-]. The molecule has 1 aromatic rings. The smallest absolute Gasteiger partial charge is 0.252 e. The Hall–Kier alpha value is -1.72. The molecule has 2 heterocycles. The molecule has 5 nitrogen and oxygen atoms in total. The van der Waals surface area contributed by atoms with Gasteiger partial charge in [-0.1, -0.05) is 0 Å². The highest BCUT2D eigenvalue weighted by Crippen LogP contribution is 2.35. The first-order chi connectivity index (χ1) is 11.9. The van der Waals surface area contributed by atoms with Gasteiger partial charge in [0.25, 0.3) is 5.91 Å². The highest BCUT2D eigenvalue weighted by Gasteiger charge is 2.34. The molecule has 0 aromatic heterocycles. The first-order valence-corrected chi connectivity index (χ1v) is 9.05. The maximum Gasteiger partial charge on any atom is 0.252 e. The van der Waals surface area contributed by atoms with Gasteiger partial charge in [0.2, 0.25) is 0 Å². The largest absolute Gasteiger partial charge is 1.00 e. The Kier molecular flexibility index (Phi) is 6.58. The number of methoxy groups -OCH3 is 2. The molecule has 26 heavy (non-hydrogen) atoms. The summed E-state index contributed by atoms with van der Waals surface area (Å²) in [4.78, 5) is 14.7. The van der Waals surface area contributed by atoms with Gasteiger partial charge in [-0.15, -0.1) is 0 Å². The first-order valence-electron chi connectivity index (χ1n) is 9.05. The number of carbonyl (C=O) groups is 1. The van der Waals surface area contributed by atoms with Crippen LogP contribution in [0.3, 0.4) is 0 Å². The molecular formula is C20H29ClN2O3. The first kappa shape index (κ1) is 20.6. The van der Waals surface area contributed by atoms with Crippen molar-refractivity contribution in [3.63, 3.8) is 0 Å². The molecule has 1 fully saturated rings. The summed E-state index contributed by atoms with van der Waals surface area (Å²) in [5.74, 6) is 1.55. The number of benzene rings is 1. The molecule has 0 spiro atoms. The highest BCUT2D eigenvalue weighted by atomic mass is 35.5. The van der Waals surface area contributed by atoms with Crippen LogP contribution in [0.5, 0.6) is 11.5 Å². The predicted octanol–water partition coefficient (Wildman–Crippen LogP) is -1.04. The predicted molar refractivity (Wildman–Crippen MR) is 97.7 cm³/mol. The Bertz CT molecular complexity index is 695. The Labute approximate surface area is 162 Å². The molecule has 2 aliphatic heterocycles. The minimum Gasteiger partial charge on any atom is -1.00 e. The summed E-state index contributed by atoms with van der Waals surface area (Å²) in [6, 6.07) is 4.04. The van der Waals surface area contributed by atoms with Crippen molar-refractivity contribution in [1.29, 1.82) is 0 Å². The van der Waals surface area contributed by atoms with Gasteiger partial charge in [0.1, 0.15) is 5.70 Å². The van der Waals surface area contributed by atoms with E-state index in [1.54, 1.807) is 20.3 Å². The third-order valence-corrected chi connectivity index (χ3v) is 5.06. The van der Waals surface area contributed by atoms with E-state index in [2.05, 4.69) is 19.2 Å². The van der Waals surface area contributed by atoms with Gasteiger partial charge in [0.05, 0.1) is 25.8 Å². The number of amides is 1. The van der Waals surface area contributed by atoms with Crippen LogP contribution in [-0.4, -0.2) is 43.7 Å². The van der Waals surface area contributed by atoms with Crippen LogP contribution >= 0.6 is 0 Å². The number of nitrogens with two attached hydrogens (primary N) is 1. The monoisotopic (exact) mass is 380 g/mol. The second kappa shape index (κ2) is 8.31. The van der Waals surface area contributed by atoms with Crippen LogP contribution in [0.25, 0.3) is 5.70 Å². The number of piperidine rings is 1. The second-order valence-corrected chi connectivity index (χ2v) is 7.66. The van der Waals surface area contributed by atoms with E-state index in [1.165, 1.54) is 12.0 Å². The third-order valence-electron chi connectivity index (χ3n) is 5.06. The molecule has 1 aromatic carbocycles. The lowest BCUT2D eigenvalue weighted by atomic mass is 9.85. The van der Waals surface area contributed by atoms with Crippen LogP contribution in [0.15, 0.2) is 18.2 Å². The van der Waals surface area contributed by atoms with Crippen molar-refractivity contribution >= 4 is 11.6 Å². The minimum atomic E-state index is 0. The lowest BCUT2D eigenvalue weighted by molar-refractivity contribution is -0.641. The summed E-state index contributed by atoms with van der Waals surface area (Å²) >= 11 is 0. The zero-order valence-corrected chi connectivity index (χ0v) is 16.9. The number of rotatable bonds is 3. The van der Waals surface area contributed by atoms with Crippen molar-refractivity contribution in [2.24, 2.45) is 0 Å². The van der Waals surface area contributed by atoms with Crippen molar-refractivity contribution in [1.82, 2.24) is 4.90 Å². The van der Waals surface area contributed by atoms with Crippen LogP contribution in [-0.2, 0) is 11.2 Å². The van der Waals surface area contributed by atoms with Gasteiger partial charge in [-0.2, -0.15) is 0 Å². The van der Waals surface area contributed by atoms with Crippen molar-refractivity contribution in [3.8, 4) is 11.5 Å². The van der Waals surface area contributed by atoms with E-state index in [0.29, 0.717) is 5.75 Å². The lowest BCUT2D eigenvalue weighted by Gasteiger charge is -2.32. The number of ether oxygens (including phenoxy) is 2. The van der Waals surface area contributed by atoms with Crippen LogP contribution < -0.4 is 27.2 Å². The summed E-state index contributed by atoms with van der Waals surface area (Å²) in [6.07, 6.45) is 6.14.